The Hall–Kier alpha value is -3.28. The summed E-state index contributed by atoms with van der Waals surface area (Å²) in [5, 5.41) is 6.75. The van der Waals surface area contributed by atoms with Gasteiger partial charge in [-0.1, -0.05) is 6.92 Å². The number of rotatable bonds is 4. The van der Waals surface area contributed by atoms with Crippen molar-refractivity contribution in [2.45, 2.75) is 33.1 Å². The number of carbonyl (C=O) groups excluding carboxylic acids is 2. The number of fused-ring (bicyclic) bond motifs is 3. The van der Waals surface area contributed by atoms with Crippen molar-refractivity contribution in [3.63, 3.8) is 0 Å². The van der Waals surface area contributed by atoms with Crippen LogP contribution in [0, 0.1) is 5.92 Å². The molecular weight excluding hydrogens is 366 g/mol. The van der Waals surface area contributed by atoms with Gasteiger partial charge in [0.05, 0.1) is 12.8 Å². The maximum absolute atomic E-state index is 12.9. The molecule has 1 aliphatic carbocycles. The first-order chi connectivity index (χ1) is 13.9. The number of H-pyrrole nitrogens is 1. The maximum atomic E-state index is 12.9. The first-order valence-electron chi connectivity index (χ1n) is 9.85. The molecule has 0 bridgehead atoms. The first kappa shape index (κ1) is 19.1. The molecule has 1 aliphatic rings. The molecular formula is C23H25N3O3. The number of hydrogen-bond acceptors (Lipinski definition) is 3. The lowest BCUT2D eigenvalue weighted by molar-refractivity contribution is -0.114. The summed E-state index contributed by atoms with van der Waals surface area (Å²) in [6, 6.07) is 10.9. The molecule has 1 heterocycles. The number of anilines is 2. The topological polar surface area (TPSA) is 83.2 Å². The lowest BCUT2D eigenvalue weighted by Crippen LogP contribution is -2.14. The summed E-state index contributed by atoms with van der Waals surface area (Å²) in [5.74, 6) is 0.787. The minimum absolute atomic E-state index is 0.177. The van der Waals surface area contributed by atoms with Gasteiger partial charge in [-0.25, -0.2) is 0 Å². The van der Waals surface area contributed by atoms with E-state index in [9.17, 15) is 9.59 Å². The lowest BCUT2D eigenvalue weighted by Gasteiger charge is -2.18. The molecule has 3 N–H and O–H groups in total. The SMILES string of the molecule is COc1ccc(NC(C)=O)cc1NC(=O)c1ccc2[nH]c3c(c2c1)CC(C)CC3. The average Bonchev–Trinajstić information content (AvgIpc) is 3.05. The molecule has 0 aliphatic heterocycles. The highest BCUT2D eigenvalue weighted by atomic mass is 16.5. The second kappa shape index (κ2) is 7.62. The van der Waals surface area contributed by atoms with E-state index < -0.39 is 0 Å². The fourth-order valence-electron chi connectivity index (χ4n) is 4.01. The molecule has 0 radical (unpaired) electrons. The Morgan fingerprint density at radius 3 is 2.72 bits per heavy atom. The average molecular weight is 391 g/mol. The molecule has 0 fully saturated rings. The fourth-order valence-corrected chi connectivity index (χ4v) is 4.01. The highest BCUT2D eigenvalue weighted by Gasteiger charge is 2.21. The summed E-state index contributed by atoms with van der Waals surface area (Å²) in [7, 11) is 1.54. The van der Waals surface area contributed by atoms with E-state index >= 15 is 0 Å². The number of carbonyl (C=O) groups is 2. The van der Waals surface area contributed by atoms with Crippen molar-refractivity contribution in [2.24, 2.45) is 5.92 Å². The zero-order valence-electron chi connectivity index (χ0n) is 16.9. The third-order valence-corrected chi connectivity index (χ3v) is 5.46. The van der Waals surface area contributed by atoms with Gasteiger partial charge in [-0.05, 0) is 67.1 Å². The molecule has 2 amide bonds. The quantitative estimate of drug-likeness (QED) is 0.612. The number of ether oxygens (including phenoxy) is 1. The van der Waals surface area contributed by atoms with Crippen LogP contribution in [0.15, 0.2) is 36.4 Å². The second-order valence-electron chi connectivity index (χ2n) is 7.74. The Morgan fingerprint density at radius 2 is 1.97 bits per heavy atom. The Bertz CT molecular complexity index is 1100. The molecule has 150 valence electrons. The van der Waals surface area contributed by atoms with Crippen LogP contribution in [0.2, 0.25) is 0 Å². The van der Waals surface area contributed by atoms with Gasteiger partial charge < -0.3 is 20.4 Å². The largest absolute Gasteiger partial charge is 0.495 e. The van der Waals surface area contributed by atoms with Crippen LogP contribution in [0.4, 0.5) is 11.4 Å². The van der Waals surface area contributed by atoms with E-state index in [1.807, 2.05) is 18.2 Å². The number of aryl methyl sites for hydroxylation is 1. The third kappa shape index (κ3) is 3.83. The van der Waals surface area contributed by atoms with Crippen LogP contribution in [0.3, 0.4) is 0 Å². The Balaban J connectivity index is 1.64. The van der Waals surface area contributed by atoms with E-state index in [1.54, 1.807) is 25.3 Å². The number of benzene rings is 2. The van der Waals surface area contributed by atoms with Gasteiger partial charge in [0.2, 0.25) is 5.91 Å². The van der Waals surface area contributed by atoms with Crippen LogP contribution in [0.1, 0.15) is 41.9 Å². The smallest absolute Gasteiger partial charge is 0.255 e. The highest BCUT2D eigenvalue weighted by molar-refractivity contribution is 6.07. The van der Waals surface area contributed by atoms with Gasteiger partial charge in [-0.2, -0.15) is 0 Å². The molecule has 0 spiro atoms. The third-order valence-electron chi connectivity index (χ3n) is 5.46. The summed E-state index contributed by atoms with van der Waals surface area (Å²) in [6.07, 6.45) is 3.28. The molecule has 6 nitrogen and oxygen atoms in total. The molecule has 4 rings (SSSR count). The van der Waals surface area contributed by atoms with Crippen molar-refractivity contribution in [1.29, 1.82) is 0 Å². The minimum Gasteiger partial charge on any atom is -0.495 e. The number of nitrogens with one attached hydrogen (secondary N) is 3. The second-order valence-corrected chi connectivity index (χ2v) is 7.74. The number of aromatic amines is 1. The monoisotopic (exact) mass is 391 g/mol. The van der Waals surface area contributed by atoms with Crippen LogP contribution < -0.4 is 15.4 Å². The standard InChI is InChI=1S/C23H25N3O3/c1-13-4-7-19-17(10-13)18-11-15(5-8-20(18)25-19)23(28)26-21-12-16(24-14(2)27)6-9-22(21)29-3/h5-6,8-9,11-13,25H,4,7,10H2,1-3H3,(H,24,27)(H,26,28). The van der Waals surface area contributed by atoms with Crippen LogP contribution in [0.25, 0.3) is 10.9 Å². The van der Waals surface area contributed by atoms with Crippen molar-refractivity contribution >= 4 is 34.1 Å². The van der Waals surface area contributed by atoms with Crippen LogP contribution in [-0.4, -0.2) is 23.9 Å². The minimum atomic E-state index is -0.219. The molecule has 1 atom stereocenters. The summed E-state index contributed by atoms with van der Waals surface area (Å²) in [5.41, 5.74) is 5.39. The fraction of sp³-hybridized carbons (Fsp3) is 0.304. The van der Waals surface area contributed by atoms with E-state index in [0.717, 1.165) is 23.7 Å². The number of amides is 2. The predicted molar refractivity (Wildman–Crippen MR) is 115 cm³/mol. The molecule has 0 saturated carbocycles. The van der Waals surface area contributed by atoms with Crippen molar-refractivity contribution in [1.82, 2.24) is 4.98 Å². The van der Waals surface area contributed by atoms with E-state index in [2.05, 4.69) is 22.5 Å². The lowest BCUT2D eigenvalue weighted by atomic mass is 9.87. The highest BCUT2D eigenvalue weighted by Crippen LogP contribution is 2.33. The van der Waals surface area contributed by atoms with Crippen LogP contribution in [-0.2, 0) is 17.6 Å². The van der Waals surface area contributed by atoms with E-state index in [-0.39, 0.29) is 11.8 Å². The molecule has 1 aromatic heterocycles. The predicted octanol–water partition coefficient (Wildman–Crippen LogP) is 4.51. The molecule has 6 heteroatoms. The van der Waals surface area contributed by atoms with Gasteiger partial charge in [-0.15, -0.1) is 0 Å². The van der Waals surface area contributed by atoms with E-state index in [1.165, 1.54) is 24.6 Å². The normalized spacial score (nSPS) is 15.6. The summed E-state index contributed by atoms with van der Waals surface area (Å²) in [6.45, 7) is 3.71. The van der Waals surface area contributed by atoms with Gasteiger partial charge in [0.25, 0.3) is 5.91 Å². The van der Waals surface area contributed by atoms with Crippen LogP contribution in [0.5, 0.6) is 5.75 Å². The molecule has 2 aromatic carbocycles. The van der Waals surface area contributed by atoms with Crippen molar-refractivity contribution in [2.75, 3.05) is 17.7 Å². The number of hydrogen-bond donors (Lipinski definition) is 3. The summed E-state index contributed by atoms with van der Waals surface area (Å²) >= 11 is 0. The van der Waals surface area contributed by atoms with Crippen molar-refractivity contribution in [3.05, 3.63) is 53.2 Å². The Morgan fingerprint density at radius 1 is 1.14 bits per heavy atom. The zero-order chi connectivity index (χ0) is 20.5. The molecule has 0 saturated heterocycles. The molecule has 1 unspecified atom stereocenters. The number of methoxy groups -OCH3 is 1. The maximum Gasteiger partial charge on any atom is 0.255 e. The van der Waals surface area contributed by atoms with Crippen molar-refractivity contribution in [3.8, 4) is 5.75 Å². The first-order valence-corrected chi connectivity index (χ1v) is 9.85. The van der Waals surface area contributed by atoms with Crippen molar-refractivity contribution < 1.29 is 14.3 Å². The van der Waals surface area contributed by atoms with Gasteiger partial charge in [-0.3, -0.25) is 9.59 Å². The number of aromatic nitrogens is 1. The molecule has 3 aromatic rings. The van der Waals surface area contributed by atoms with Gasteiger partial charge in [0.1, 0.15) is 5.75 Å². The van der Waals surface area contributed by atoms with Crippen LogP contribution >= 0.6 is 0 Å². The molecule has 29 heavy (non-hydrogen) atoms. The van der Waals surface area contributed by atoms with Gasteiger partial charge >= 0.3 is 0 Å². The zero-order valence-corrected chi connectivity index (χ0v) is 16.9. The van der Waals surface area contributed by atoms with Gasteiger partial charge in [0.15, 0.2) is 0 Å². The Labute approximate surface area is 169 Å². The summed E-state index contributed by atoms with van der Waals surface area (Å²) < 4.78 is 5.35. The van der Waals surface area contributed by atoms with E-state index in [4.69, 9.17) is 4.74 Å². The van der Waals surface area contributed by atoms with Gasteiger partial charge in [0, 0.05) is 34.8 Å². The van der Waals surface area contributed by atoms with E-state index in [0.29, 0.717) is 28.6 Å². The Kier molecular flexibility index (Phi) is 5.01. The summed E-state index contributed by atoms with van der Waals surface area (Å²) in [4.78, 5) is 27.8.